The van der Waals surface area contributed by atoms with Gasteiger partial charge >= 0.3 is 0 Å². The molecule has 10 heteroatoms. The van der Waals surface area contributed by atoms with Crippen molar-refractivity contribution in [1.82, 2.24) is 24.1 Å². The van der Waals surface area contributed by atoms with Crippen LogP contribution in [0.5, 0.6) is 0 Å². The number of aryl methyl sites for hydroxylation is 2. The predicted molar refractivity (Wildman–Crippen MR) is 103 cm³/mol. The van der Waals surface area contributed by atoms with Gasteiger partial charge in [-0.15, -0.1) is 0 Å². The molecule has 144 valence electrons. The minimum atomic E-state index is -3.69. The molecule has 0 unspecified atom stereocenters. The first-order valence-corrected chi connectivity index (χ1v) is 10.3. The first kappa shape index (κ1) is 18.3. The molecule has 0 aliphatic heterocycles. The summed E-state index contributed by atoms with van der Waals surface area (Å²) in [4.78, 5) is 13.0. The van der Waals surface area contributed by atoms with Crippen LogP contribution in [0.25, 0.3) is 17.0 Å². The second kappa shape index (κ2) is 6.54. The van der Waals surface area contributed by atoms with Gasteiger partial charge < -0.3 is 5.73 Å². The molecule has 9 nitrogen and oxygen atoms in total. The van der Waals surface area contributed by atoms with E-state index in [-0.39, 0.29) is 22.8 Å². The molecule has 3 N–H and O–H groups in total. The molecular formula is C18H19N7O2S. The third-order valence-electron chi connectivity index (χ3n) is 4.91. The van der Waals surface area contributed by atoms with E-state index in [0.29, 0.717) is 35.7 Å². The Morgan fingerprint density at radius 1 is 1.25 bits per heavy atom. The molecule has 1 fully saturated rings. The highest BCUT2D eigenvalue weighted by atomic mass is 32.2. The highest BCUT2D eigenvalue weighted by molar-refractivity contribution is 7.89. The van der Waals surface area contributed by atoms with Crippen LogP contribution < -0.4 is 10.5 Å². The van der Waals surface area contributed by atoms with Crippen LogP contribution in [-0.2, 0) is 10.0 Å². The number of nitriles is 1. The van der Waals surface area contributed by atoms with E-state index in [2.05, 4.69) is 25.7 Å². The Morgan fingerprint density at radius 3 is 2.71 bits per heavy atom. The third-order valence-corrected chi connectivity index (χ3v) is 6.43. The van der Waals surface area contributed by atoms with E-state index < -0.39 is 10.0 Å². The number of aromatic nitrogens is 4. The summed E-state index contributed by atoms with van der Waals surface area (Å²) in [6.07, 6.45) is 2.77. The number of imidazole rings is 1. The van der Waals surface area contributed by atoms with E-state index in [9.17, 15) is 8.42 Å². The van der Waals surface area contributed by atoms with Crippen molar-refractivity contribution >= 4 is 21.7 Å². The number of nitrogens with one attached hydrogen (secondary N) is 1. The molecule has 0 radical (unpaired) electrons. The summed E-state index contributed by atoms with van der Waals surface area (Å²) in [5.41, 5.74) is 8.04. The summed E-state index contributed by atoms with van der Waals surface area (Å²) < 4.78 is 29.7. The number of nitrogen functional groups attached to an aromatic ring is 1. The zero-order valence-corrected chi connectivity index (χ0v) is 16.2. The molecule has 0 spiro atoms. The maximum Gasteiger partial charge on any atom is 0.240 e. The van der Waals surface area contributed by atoms with Crippen LogP contribution in [0.1, 0.15) is 24.2 Å². The number of fused-ring (bicyclic) bond motifs is 1. The van der Waals surface area contributed by atoms with Crippen LogP contribution >= 0.6 is 0 Å². The zero-order chi connectivity index (χ0) is 20.1. The number of hydrogen-bond donors (Lipinski definition) is 2. The summed E-state index contributed by atoms with van der Waals surface area (Å²) in [5.74, 6) is 1.11. The van der Waals surface area contributed by atoms with E-state index in [4.69, 9.17) is 11.0 Å². The maximum absolute atomic E-state index is 12.7. The normalized spacial score (nSPS) is 19.3. The lowest BCUT2D eigenvalue weighted by molar-refractivity contribution is 0.308. The predicted octanol–water partition coefficient (Wildman–Crippen LogP) is 1.57. The molecule has 1 aromatic carbocycles. The van der Waals surface area contributed by atoms with Gasteiger partial charge in [-0.25, -0.2) is 18.1 Å². The van der Waals surface area contributed by atoms with E-state index in [1.807, 2.05) is 6.92 Å². The minimum Gasteiger partial charge on any atom is -0.369 e. The van der Waals surface area contributed by atoms with Gasteiger partial charge in [0, 0.05) is 23.7 Å². The number of nitrogens with zero attached hydrogens (tertiary/aromatic N) is 5. The van der Waals surface area contributed by atoms with Gasteiger partial charge in [0.1, 0.15) is 5.82 Å². The Labute approximate surface area is 162 Å². The van der Waals surface area contributed by atoms with Crippen molar-refractivity contribution < 1.29 is 8.42 Å². The average Bonchev–Trinajstić information content (AvgIpc) is 3.02. The van der Waals surface area contributed by atoms with Gasteiger partial charge in [-0.2, -0.15) is 15.2 Å². The third kappa shape index (κ3) is 3.19. The lowest BCUT2D eigenvalue weighted by Gasteiger charge is -2.30. The van der Waals surface area contributed by atoms with Crippen LogP contribution in [0.3, 0.4) is 0 Å². The number of hydrogen-bond acceptors (Lipinski definition) is 7. The van der Waals surface area contributed by atoms with E-state index in [1.54, 1.807) is 35.7 Å². The number of rotatable bonds is 4. The highest BCUT2D eigenvalue weighted by Crippen LogP contribution is 2.30. The summed E-state index contributed by atoms with van der Waals surface area (Å²) in [7, 11) is -3.69. The number of nitrogens with two attached hydrogens (primary N) is 1. The zero-order valence-electron chi connectivity index (χ0n) is 15.4. The molecule has 0 bridgehead atoms. The largest absolute Gasteiger partial charge is 0.369 e. The SMILES string of the molecule is Cc1nc(N)n2cc(-c3cc(S(=O)(=O)NC4CC(C#N)C4)ccc3C)nc2n1. The average molecular weight is 397 g/mol. The van der Waals surface area contributed by atoms with Gasteiger partial charge in [0.15, 0.2) is 0 Å². The smallest absolute Gasteiger partial charge is 0.240 e. The molecule has 2 aromatic heterocycles. The van der Waals surface area contributed by atoms with Gasteiger partial charge in [0.25, 0.3) is 0 Å². The fourth-order valence-electron chi connectivity index (χ4n) is 3.29. The van der Waals surface area contributed by atoms with Crippen molar-refractivity contribution in [3.8, 4) is 17.3 Å². The standard InChI is InChI=1S/C18H19N7O2S/c1-10-3-4-14(28(26,27)24-13-5-12(6-13)8-19)7-15(10)16-9-25-17(20)21-11(2)22-18(25)23-16/h3-4,7,9,12-13,24H,5-6H2,1-2H3,(H2,20,21,22,23). The Morgan fingerprint density at radius 2 is 2.00 bits per heavy atom. The Kier molecular flexibility index (Phi) is 4.28. The van der Waals surface area contributed by atoms with Gasteiger partial charge in [-0.1, -0.05) is 6.07 Å². The van der Waals surface area contributed by atoms with Crippen LogP contribution in [0, 0.1) is 31.1 Å². The molecule has 1 saturated carbocycles. The van der Waals surface area contributed by atoms with Gasteiger partial charge in [-0.05, 0) is 44.4 Å². The molecule has 28 heavy (non-hydrogen) atoms. The Bertz CT molecular complexity index is 1220. The molecule has 1 aliphatic rings. The van der Waals surface area contributed by atoms with E-state index in [1.165, 1.54) is 0 Å². The molecular weight excluding hydrogens is 378 g/mol. The fraction of sp³-hybridized carbons (Fsp3) is 0.333. The van der Waals surface area contributed by atoms with Crippen molar-refractivity contribution in [2.24, 2.45) is 5.92 Å². The lowest BCUT2D eigenvalue weighted by Crippen LogP contribution is -2.43. The molecule has 0 saturated heterocycles. The number of sulfonamides is 1. The second-order valence-corrected chi connectivity index (χ2v) is 8.73. The summed E-state index contributed by atoms with van der Waals surface area (Å²) >= 11 is 0. The first-order chi connectivity index (χ1) is 13.3. The topological polar surface area (TPSA) is 139 Å². The monoisotopic (exact) mass is 397 g/mol. The summed E-state index contributed by atoms with van der Waals surface area (Å²) in [6, 6.07) is 6.85. The van der Waals surface area contributed by atoms with Crippen LogP contribution in [0.15, 0.2) is 29.3 Å². The second-order valence-electron chi connectivity index (χ2n) is 7.02. The van der Waals surface area contributed by atoms with Gasteiger partial charge in [0.05, 0.1) is 16.7 Å². The van der Waals surface area contributed by atoms with Crippen molar-refractivity contribution in [3.05, 3.63) is 35.8 Å². The van der Waals surface area contributed by atoms with Crippen molar-refractivity contribution in [2.75, 3.05) is 5.73 Å². The Hall–Kier alpha value is -3.03. The van der Waals surface area contributed by atoms with Gasteiger partial charge in [-0.3, -0.25) is 4.40 Å². The minimum absolute atomic E-state index is 0.0747. The van der Waals surface area contributed by atoms with Crippen LogP contribution in [0.4, 0.5) is 5.95 Å². The molecule has 4 rings (SSSR count). The summed E-state index contributed by atoms with van der Waals surface area (Å²) in [6.45, 7) is 3.61. The molecule has 3 aromatic rings. The van der Waals surface area contributed by atoms with E-state index in [0.717, 1.165) is 5.56 Å². The molecule has 2 heterocycles. The van der Waals surface area contributed by atoms with E-state index >= 15 is 0 Å². The van der Waals surface area contributed by atoms with Gasteiger partial charge in [0.2, 0.25) is 21.7 Å². The maximum atomic E-state index is 12.7. The first-order valence-electron chi connectivity index (χ1n) is 8.79. The number of anilines is 1. The summed E-state index contributed by atoms with van der Waals surface area (Å²) in [5, 5.41) is 8.85. The molecule has 1 aliphatic carbocycles. The highest BCUT2D eigenvalue weighted by Gasteiger charge is 2.32. The number of benzene rings is 1. The molecule has 0 atom stereocenters. The van der Waals surface area contributed by atoms with Crippen LogP contribution in [0.2, 0.25) is 0 Å². The van der Waals surface area contributed by atoms with Crippen molar-refractivity contribution in [3.63, 3.8) is 0 Å². The Balaban J connectivity index is 1.70. The van der Waals surface area contributed by atoms with Crippen molar-refractivity contribution in [2.45, 2.75) is 37.6 Å². The van der Waals surface area contributed by atoms with Crippen LogP contribution in [-0.4, -0.2) is 33.8 Å². The quantitative estimate of drug-likeness (QED) is 0.681. The lowest BCUT2D eigenvalue weighted by atomic mass is 9.82. The fourth-order valence-corrected chi connectivity index (χ4v) is 4.58. The van der Waals surface area contributed by atoms with Crippen molar-refractivity contribution in [1.29, 1.82) is 5.26 Å². The molecule has 0 amide bonds.